The number of hydrogen-bond acceptors (Lipinski definition) is 3. The summed E-state index contributed by atoms with van der Waals surface area (Å²) >= 11 is 0. The molecule has 0 aliphatic heterocycles. The molecule has 0 amide bonds. The Morgan fingerprint density at radius 1 is 0.778 bits per heavy atom. The van der Waals surface area contributed by atoms with Crippen molar-refractivity contribution >= 4 is 5.78 Å². The second kappa shape index (κ2) is 8.76. The van der Waals surface area contributed by atoms with Gasteiger partial charge < -0.3 is 9.47 Å². The fourth-order valence-electron chi connectivity index (χ4n) is 3.56. The Balaban J connectivity index is 2.07. The SMILES string of the molecule is COC(OC)(c1ccccc1)C(CC(=O)c1ccccc1)c1ccccc1. The van der Waals surface area contributed by atoms with Gasteiger partial charge in [0.05, 0.1) is 0 Å². The molecule has 3 nitrogen and oxygen atoms in total. The van der Waals surface area contributed by atoms with Crippen LogP contribution < -0.4 is 0 Å². The molecule has 0 heterocycles. The van der Waals surface area contributed by atoms with E-state index >= 15 is 0 Å². The molecule has 0 saturated carbocycles. The first kappa shape index (κ1) is 19.0. The van der Waals surface area contributed by atoms with Gasteiger partial charge >= 0.3 is 0 Å². The highest BCUT2D eigenvalue weighted by Crippen LogP contribution is 2.43. The van der Waals surface area contributed by atoms with E-state index in [9.17, 15) is 4.79 Å². The van der Waals surface area contributed by atoms with Crippen molar-refractivity contribution in [2.45, 2.75) is 18.1 Å². The lowest BCUT2D eigenvalue weighted by Crippen LogP contribution is -2.39. The standard InChI is InChI=1S/C24H24O3/c1-26-24(27-2,21-16-10-5-11-17-21)22(19-12-6-3-7-13-19)18-23(25)20-14-8-4-9-15-20/h3-17,22H,18H2,1-2H3. The molecule has 0 fully saturated rings. The van der Waals surface area contributed by atoms with Crippen LogP contribution in [-0.4, -0.2) is 20.0 Å². The number of ether oxygens (including phenoxy) is 2. The van der Waals surface area contributed by atoms with Crippen molar-refractivity contribution in [1.29, 1.82) is 0 Å². The van der Waals surface area contributed by atoms with Crippen LogP contribution in [0.2, 0.25) is 0 Å². The van der Waals surface area contributed by atoms with Gasteiger partial charge in [0, 0.05) is 37.7 Å². The van der Waals surface area contributed by atoms with E-state index in [0.717, 1.165) is 11.1 Å². The molecule has 1 unspecified atom stereocenters. The average molecular weight is 360 g/mol. The maximum Gasteiger partial charge on any atom is 0.201 e. The van der Waals surface area contributed by atoms with Gasteiger partial charge in [0.2, 0.25) is 5.79 Å². The maximum atomic E-state index is 13.0. The molecule has 0 aromatic heterocycles. The van der Waals surface area contributed by atoms with E-state index in [4.69, 9.17) is 9.47 Å². The molecule has 138 valence electrons. The fraction of sp³-hybridized carbons (Fsp3) is 0.208. The fourth-order valence-corrected chi connectivity index (χ4v) is 3.56. The second-order valence-electron chi connectivity index (χ2n) is 6.40. The summed E-state index contributed by atoms with van der Waals surface area (Å²) in [5, 5.41) is 0. The molecule has 1 atom stereocenters. The number of benzene rings is 3. The third kappa shape index (κ3) is 4.00. The molecule has 0 saturated heterocycles. The summed E-state index contributed by atoms with van der Waals surface area (Å²) in [6.45, 7) is 0. The third-order valence-corrected chi connectivity index (χ3v) is 4.93. The molecule has 0 bridgehead atoms. The predicted molar refractivity (Wildman–Crippen MR) is 107 cm³/mol. The Morgan fingerprint density at radius 3 is 1.78 bits per heavy atom. The van der Waals surface area contributed by atoms with Gasteiger partial charge in [-0.05, 0) is 5.56 Å². The third-order valence-electron chi connectivity index (χ3n) is 4.93. The number of carbonyl (C=O) groups excluding carboxylic acids is 1. The zero-order valence-electron chi connectivity index (χ0n) is 15.7. The van der Waals surface area contributed by atoms with Crippen LogP contribution in [0.1, 0.15) is 33.8 Å². The minimum Gasteiger partial charge on any atom is -0.349 e. The Hall–Kier alpha value is -2.75. The van der Waals surface area contributed by atoms with Crippen molar-refractivity contribution < 1.29 is 14.3 Å². The molecule has 27 heavy (non-hydrogen) atoms. The Bertz CT molecular complexity index is 841. The lowest BCUT2D eigenvalue weighted by atomic mass is 9.81. The lowest BCUT2D eigenvalue weighted by molar-refractivity contribution is -0.231. The summed E-state index contributed by atoms with van der Waals surface area (Å²) in [5.41, 5.74) is 2.56. The number of hydrogen-bond donors (Lipinski definition) is 0. The topological polar surface area (TPSA) is 35.5 Å². The van der Waals surface area contributed by atoms with Crippen LogP contribution in [0.25, 0.3) is 0 Å². The molecule has 3 heteroatoms. The molecule has 0 radical (unpaired) electrons. The Kier molecular flexibility index (Phi) is 6.17. The van der Waals surface area contributed by atoms with E-state index in [0.29, 0.717) is 5.56 Å². The first-order valence-electron chi connectivity index (χ1n) is 9.00. The Labute approximate surface area is 160 Å². The van der Waals surface area contributed by atoms with Gasteiger partial charge in [0.15, 0.2) is 5.78 Å². The molecular formula is C24H24O3. The van der Waals surface area contributed by atoms with Crippen LogP contribution in [0.4, 0.5) is 0 Å². The number of ketones is 1. The zero-order valence-corrected chi connectivity index (χ0v) is 15.7. The van der Waals surface area contributed by atoms with Crippen molar-refractivity contribution in [3.05, 3.63) is 108 Å². The van der Waals surface area contributed by atoms with E-state index in [1.807, 2.05) is 91.0 Å². The highest BCUT2D eigenvalue weighted by Gasteiger charge is 2.43. The molecule has 0 N–H and O–H groups in total. The quantitative estimate of drug-likeness (QED) is 0.410. The second-order valence-corrected chi connectivity index (χ2v) is 6.40. The van der Waals surface area contributed by atoms with Crippen molar-refractivity contribution in [3.8, 4) is 0 Å². The largest absolute Gasteiger partial charge is 0.349 e. The van der Waals surface area contributed by atoms with E-state index in [1.165, 1.54) is 0 Å². The van der Waals surface area contributed by atoms with Gasteiger partial charge in [-0.3, -0.25) is 4.79 Å². The first-order valence-corrected chi connectivity index (χ1v) is 9.00. The van der Waals surface area contributed by atoms with Crippen LogP contribution in [0, 0.1) is 0 Å². The van der Waals surface area contributed by atoms with Gasteiger partial charge in [0.25, 0.3) is 0 Å². The van der Waals surface area contributed by atoms with Gasteiger partial charge in [-0.15, -0.1) is 0 Å². The van der Waals surface area contributed by atoms with Crippen molar-refractivity contribution in [2.75, 3.05) is 14.2 Å². The minimum absolute atomic E-state index is 0.0545. The molecule has 0 aliphatic rings. The summed E-state index contributed by atoms with van der Waals surface area (Å²) in [4.78, 5) is 13.0. The maximum absolute atomic E-state index is 13.0. The zero-order chi connectivity index (χ0) is 19.1. The number of methoxy groups -OCH3 is 2. The highest BCUT2D eigenvalue weighted by molar-refractivity contribution is 5.96. The summed E-state index contributed by atoms with van der Waals surface area (Å²) in [6.07, 6.45) is 0.268. The van der Waals surface area contributed by atoms with Gasteiger partial charge in [-0.2, -0.15) is 0 Å². The van der Waals surface area contributed by atoms with Crippen molar-refractivity contribution in [1.82, 2.24) is 0 Å². The van der Waals surface area contributed by atoms with Crippen LogP contribution in [0.15, 0.2) is 91.0 Å². The smallest absolute Gasteiger partial charge is 0.201 e. The molecule has 0 spiro atoms. The highest BCUT2D eigenvalue weighted by atomic mass is 16.7. The van der Waals surface area contributed by atoms with Crippen LogP contribution in [0.5, 0.6) is 0 Å². The molecule has 0 aliphatic carbocycles. The normalized spacial score (nSPS) is 12.5. The van der Waals surface area contributed by atoms with E-state index in [2.05, 4.69) is 0 Å². The van der Waals surface area contributed by atoms with Crippen molar-refractivity contribution in [3.63, 3.8) is 0 Å². The molecular weight excluding hydrogens is 336 g/mol. The van der Waals surface area contributed by atoms with E-state index < -0.39 is 5.79 Å². The summed E-state index contributed by atoms with van der Waals surface area (Å²) in [5.74, 6) is -1.31. The number of rotatable bonds is 8. The lowest BCUT2D eigenvalue weighted by Gasteiger charge is -2.39. The average Bonchev–Trinajstić information content (AvgIpc) is 2.76. The van der Waals surface area contributed by atoms with Crippen molar-refractivity contribution in [2.24, 2.45) is 0 Å². The van der Waals surface area contributed by atoms with Crippen LogP contribution in [0.3, 0.4) is 0 Å². The number of carbonyl (C=O) groups is 1. The number of Topliss-reactive ketones (excluding diaryl/α,β-unsaturated/α-hetero) is 1. The van der Waals surface area contributed by atoms with E-state index in [1.54, 1.807) is 14.2 Å². The van der Waals surface area contributed by atoms with Crippen LogP contribution in [-0.2, 0) is 15.3 Å². The van der Waals surface area contributed by atoms with E-state index in [-0.39, 0.29) is 18.1 Å². The summed E-state index contributed by atoms with van der Waals surface area (Å²) in [7, 11) is 3.25. The minimum atomic E-state index is -1.06. The first-order chi connectivity index (χ1) is 13.2. The summed E-state index contributed by atoms with van der Waals surface area (Å²) < 4.78 is 11.9. The van der Waals surface area contributed by atoms with Crippen LogP contribution >= 0.6 is 0 Å². The molecule has 3 rings (SSSR count). The monoisotopic (exact) mass is 360 g/mol. The van der Waals surface area contributed by atoms with Gasteiger partial charge in [0.1, 0.15) is 0 Å². The van der Waals surface area contributed by atoms with Gasteiger partial charge in [-0.25, -0.2) is 0 Å². The molecule has 3 aromatic carbocycles. The predicted octanol–water partition coefficient (Wildman–Crippen LogP) is 5.19. The Morgan fingerprint density at radius 2 is 1.26 bits per heavy atom. The van der Waals surface area contributed by atoms with Gasteiger partial charge in [-0.1, -0.05) is 91.0 Å². The molecule has 3 aromatic rings. The summed E-state index contributed by atoms with van der Waals surface area (Å²) in [6, 6.07) is 29.0.